The van der Waals surface area contributed by atoms with Crippen molar-refractivity contribution in [2.75, 3.05) is 0 Å². The molecule has 7 nitrogen and oxygen atoms in total. The molecule has 158 valence electrons. The smallest absolute Gasteiger partial charge is 0.482 e. The average Bonchev–Trinajstić information content (AvgIpc) is 3.16. The zero-order valence-electron chi connectivity index (χ0n) is 15.4. The van der Waals surface area contributed by atoms with Crippen LogP contribution in [0.25, 0.3) is 0 Å². The van der Waals surface area contributed by atoms with E-state index in [1.54, 1.807) is 24.3 Å². The molecule has 30 heavy (non-hydrogen) atoms. The van der Waals surface area contributed by atoms with Crippen LogP contribution in [0.5, 0.6) is 11.6 Å². The fourth-order valence-electron chi connectivity index (χ4n) is 2.36. The summed E-state index contributed by atoms with van der Waals surface area (Å²) in [6, 6.07) is 9.02. The van der Waals surface area contributed by atoms with Gasteiger partial charge < -0.3 is 19.2 Å². The van der Waals surface area contributed by atoms with Crippen molar-refractivity contribution in [3.05, 3.63) is 71.0 Å². The maximum absolute atomic E-state index is 12.3. The number of benzene rings is 1. The molecule has 0 aliphatic heterocycles. The van der Waals surface area contributed by atoms with Gasteiger partial charge >= 0.3 is 6.36 Å². The topological polar surface area (TPSA) is 86.5 Å². The normalized spacial score (nSPS) is 12.3. The summed E-state index contributed by atoms with van der Waals surface area (Å²) in [5.74, 6) is -0.775. The lowest BCUT2D eigenvalue weighted by molar-refractivity contribution is -0.276. The predicted octanol–water partition coefficient (Wildman–Crippen LogP) is 4.69. The Morgan fingerprint density at radius 3 is 2.60 bits per heavy atom. The lowest BCUT2D eigenvalue weighted by atomic mass is 10.1. The van der Waals surface area contributed by atoms with E-state index < -0.39 is 18.1 Å². The van der Waals surface area contributed by atoms with Crippen molar-refractivity contribution in [3.63, 3.8) is 0 Å². The first-order valence-electron chi connectivity index (χ1n) is 8.55. The van der Waals surface area contributed by atoms with Crippen LogP contribution >= 0.6 is 11.6 Å². The van der Waals surface area contributed by atoms with Crippen molar-refractivity contribution in [2.24, 2.45) is 0 Å². The van der Waals surface area contributed by atoms with Crippen molar-refractivity contribution < 1.29 is 31.9 Å². The highest BCUT2D eigenvalue weighted by molar-refractivity contribution is 6.30. The Bertz CT molecular complexity index is 992. The highest BCUT2D eigenvalue weighted by Gasteiger charge is 2.31. The Kier molecular flexibility index (Phi) is 6.46. The predicted molar refractivity (Wildman–Crippen MR) is 99.1 cm³/mol. The van der Waals surface area contributed by atoms with Gasteiger partial charge in [0.2, 0.25) is 11.8 Å². The molecule has 0 spiro atoms. The summed E-state index contributed by atoms with van der Waals surface area (Å²) in [4.78, 5) is 19.8. The van der Waals surface area contributed by atoms with E-state index in [4.69, 9.17) is 20.8 Å². The molecule has 3 aromatic rings. The van der Waals surface area contributed by atoms with Crippen LogP contribution < -0.4 is 14.8 Å². The molecule has 1 aromatic carbocycles. The molecular weight excluding hydrogens is 427 g/mol. The number of nitrogens with one attached hydrogen (secondary N) is 1. The van der Waals surface area contributed by atoms with Gasteiger partial charge in [-0.2, -0.15) is 0 Å². The Morgan fingerprint density at radius 1 is 1.23 bits per heavy atom. The van der Waals surface area contributed by atoms with Crippen molar-refractivity contribution in [2.45, 2.75) is 25.9 Å². The average molecular weight is 442 g/mol. The highest BCUT2D eigenvalue weighted by Crippen LogP contribution is 2.22. The van der Waals surface area contributed by atoms with Gasteiger partial charge in [-0.1, -0.05) is 23.7 Å². The number of amides is 1. The monoisotopic (exact) mass is 441 g/mol. The molecule has 0 unspecified atom stereocenters. The minimum atomic E-state index is -4.82. The summed E-state index contributed by atoms with van der Waals surface area (Å²) in [6.07, 6.45) is -2.58. The minimum Gasteiger partial charge on any atom is -0.482 e. The summed E-state index contributed by atoms with van der Waals surface area (Å²) >= 11 is 5.85. The van der Waals surface area contributed by atoms with Gasteiger partial charge in [0.05, 0.1) is 12.2 Å². The number of pyridine rings is 1. The van der Waals surface area contributed by atoms with Crippen LogP contribution in [0.4, 0.5) is 13.2 Å². The molecule has 0 aliphatic carbocycles. The van der Waals surface area contributed by atoms with Crippen LogP contribution in [0, 0.1) is 0 Å². The molecule has 1 atom stereocenters. The van der Waals surface area contributed by atoms with E-state index in [9.17, 15) is 18.0 Å². The van der Waals surface area contributed by atoms with E-state index in [0.29, 0.717) is 5.02 Å². The number of oxazole rings is 1. The summed E-state index contributed by atoms with van der Waals surface area (Å²) in [5.41, 5.74) is 0.923. The molecule has 0 saturated carbocycles. The molecule has 0 aliphatic rings. The van der Waals surface area contributed by atoms with Crippen molar-refractivity contribution in [1.82, 2.24) is 15.3 Å². The third kappa shape index (κ3) is 6.11. The van der Waals surface area contributed by atoms with Gasteiger partial charge in [0.25, 0.3) is 5.91 Å². The molecule has 0 fully saturated rings. The highest BCUT2D eigenvalue weighted by atomic mass is 35.5. The second-order valence-corrected chi connectivity index (χ2v) is 6.48. The van der Waals surface area contributed by atoms with Crippen molar-refractivity contribution in [1.29, 1.82) is 0 Å². The van der Waals surface area contributed by atoms with E-state index in [2.05, 4.69) is 20.0 Å². The van der Waals surface area contributed by atoms with Gasteiger partial charge in [-0.25, -0.2) is 9.97 Å². The number of hydrogen-bond donors (Lipinski definition) is 1. The van der Waals surface area contributed by atoms with E-state index >= 15 is 0 Å². The Labute approximate surface area is 173 Å². The molecular formula is C19H15ClF3N3O4. The number of rotatable bonds is 7. The lowest BCUT2D eigenvalue weighted by Crippen LogP contribution is -2.26. The summed E-state index contributed by atoms with van der Waals surface area (Å²) in [6.45, 7) is 1.66. The minimum absolute atomic E-state index is 0.0569. The number of ether oxygens (including phenoxy) is 2. The molecule has 2 heterocycles. The zero-order chi connectivity index (χ0) is 21.7. The van der Waals surface area contributed by atoms with Gasteiger partial charge in [-0.3, -0.25) is 4.79 Å². The first-order valence-corrected chi connectivity index (χ1v) is 8.93. The number of halogens is 4. The number of aromatic nitrogens is 2. The number of nitrogens with zero attached hydrogens (tertiary/aromatic N) is 2. The van der Waals surface area contributed by atoms with E-state index in [0.717, 1.165) is 17.8 Å². The standard InChI is InChI=1S/C19H15ClF3N3O4/c1-11(12-2-4-13(20)5-3-12)25-18(27)15-9-29-17(26-15)10-28-14-6-7-16(24-8-14)30-19(21,22)23/h2-9,11H,10H2,1H3,(H,25,27)/t11-/m1/s1. The second-order valence-electron chi connectivity index (χ2n) is 6.04. The molecule has 1 amide bonds. The molecule has 3 rings (SSSR count). The van der Waals surface area contributed by atoms with Crippen LogP contribution in [-0.2, 0) is 6.61 Å². The number of carbonyl (C=O) groups excluding carboxylic acids is 1. The Balaban J connectivity index is 1.53. The van der Waals surface area contributed by atoms with Crippen molar-refractivity contribution >= 4 is 17.5 Å². The Hall–Kier alpha value is -3.27. The van der Waals surface area contributed by atoms with Gasteiger partial charge in [0.1, 0.15) is 12.0 Å². The quantitative estimate of drug-likeness (QED) is 0.572. The maximum atomic E-state index is 12.3. The lowest BCUT2D eigenvalue weighted by Gasteiger charge is -2.13. The first-order chi connectivity index (χ1) is 14.2. The summed E-state index contributed by atoms with van der Waals surface area (Å²) < 4.78 is 50.5. The molecule has 0 saturated heterocycles. The Morgan fingerprint density at radius 2 is 1.97 bits per heavy atom. The second kappa shape index (κ2) is 9.04. The number of alkyl halides is 3. The van der Waals surface area contributed by atoms with E-state index in [-0.39, 0.29) is 30.0 Å². The van der Waals surface area contributed by atoms with Crippen LogP contribution in [0.1, 0.15) is 34.9 Å². The molecule has 1 N–H and O–H groups in total. The number of hydrogen-bond acceptors (Lipinski definition) is 6. The first kappa shape index (κ1) is 21.4. The summed E-state index contributed by atoms with van der Waals surface area (Å²) in [7, 11) is 0. The van der Waals surface area contributed by atoms with Gasteiger partial charge in [0.15, 0.2) is 12.3 Å². The summed E-state index contributed by atoms with van der Waals surface area (Å²) in [5, 5.41) is 3.38. The SMILES string of the molecule is C[C@@H](NC(=O)c1coc(COc2ccc(OC(F)(F)F)nc2)n1)c1ccc(Cl)cc1. The molecule has 11 heteroatoms. The number of carbonyl (C=O) groups is 1. The maximum Gasteiger partial charge on any atom is 0.574 e. The molecule has 0 bridgehead atoms. The molecule has 0 radical (unpaired) electrons. The zero-order valence-corrected chi connectivity index (χ0v) is 16.2. The van der Waals surface area contributed by atoms with Crippen LogP contribution in [0.15, 0.2) is 53.3 Å². The molecule has 2 aromatic heterocycles. The third-order valence-electron chi connectivity index (χ3n) is 3.79. The van der Waals surface area contributed by atoms with Crippen LogP contribution in [-0.4, -0.2) is 22.2 Å². The third-order valence-corrected chi connectivity index (χ3v) is 4.05. The van der Waals surface area contributed by atoms with Gasteiger partial charge in [-0.15, -0.1) is 13.2 Å². The van der Waals surface area contributed by atoms with Crippen LogP contribution in [0.2, 0.25) is 5.02 Å². The van der Waals surface area contributed by atoms with Gasteiger partial charge in [-0.05, 0) is 30.7 Å². The fraction of sp³-hybridized carbons (Fsp3) is 0.211. The van der Waals surface area contributed by atoms with E-state index in [1.807, 2.05) is 6.92 Å². The fourth-order valence-corrected chi connectivity index (χ4v) is 2.49. The van der Waals surface area contributed by atoms with Gasteiger partial charge in [0, 0.05) is 11.1 Å². The largest absolute Gasteiger partial charge is 0.574 e. The van der Waals surface area contributed by atoms with E-state index in [1.165, 1.54) is 12.3 Å². The van der Waals surface area contributed by atoms with Crippen molar-refractivity contribution in [3.8, 4) is 11.6 Å². The van der Waals surface area contributed by atoms with Crippen LogP contribution in [0.3, 0.4) is 0 Å².